The molecule has 48 heavy (non-hydrogen) atoms. The van der Waals surface area contributed by atoms with E-state index in [1.54, 1.807) is 11.8 Å². The number of thioether (sulfide) groups is 2. The molecule has 8 nitrogen and oxygen atoms in total. The van der Waals surface area contributed by atoms with Crippen LogP contribution in [0.15, 0.2) is 59.5 Å². The number of fused-ring (bicyclic) bond motifs is 8. The molecule has 0 fully saturated rings. The molecule has 0 saturated heterocycles. The van der Waals surface area contributed by atoms with E-state index in [4.69, 9.17) is 31.3 Å². The molecule has 1 aliphatic rings. The van der Waals surface area contributed by atoms with Crippen molar-refractivity contribution in [1.82, 2.24) is 24.1 Å². The van der Waals surface area contributed by atoms with E-state index >= 15 is 0 Å². The number of carbonyl (C=O) groups is 1. The molecule has 1 aliphatic heterocycles. The van der Waals surface area contributed by atoms with Gasteiger partial charge in [-0.15, -0.1) is 23.5 Å². The van der Waals surface area contributed by atoms with Crippen molar-refractivity contribution >= 4 is 62.8 Å². The predicted octanol–water partition coefficient (Wildman–Crippen LogP) is 8.98. The Balaban J connectivity index is 1.37. The summed E-state index contributed by atoms with van der Waals surface area (Å²) in [6, 6.07) is 18.9. The van der Waals surface area contributed by atoms with Crippen molar-refractivity contribution in [2.75, 3.05) is 13.7 Å². The van der Waals surface area contributed by atoms with Crippen LogP contribution in [-0.2, 0) is 42.1 Å². The van der Waals surface area contributed by atoms with Crippen LogP contribution in [0.1, 0.15) is 52.2 Å². The largest absolute Gasteiger partial charge is 0.493 e. The maximum absolute atomic E-state index is 13.3. The van der Waals surface area contributed by atoms with Crippen LogP contribution in [0.3, 0.4) is 0 Å². The number of benzene rings is 3. The first-order chi connectivity index (χ1) is 23.3. The fraction of sp³-hybridized carbons (Fsp3) is 0.324. The average molecular weight is 700 g/mol. The van der Waals surface area contributed by atoms with Gasteiger partial charge in [0.1, 0.15) is 11.4 Å². The monoisotopic (exact) mass is 699 g/mol. The van der Waals surface area contributed by atoms with Gasteiger partial charge in [0.15, 0.2) is 0 Å². The summed E-state index contributed by atoms with van der Waals surface area (Å²) in [7, 11) is 3.40. The maximum atomic E-state index is 13.3. The minimum atomic E-state index is -0.373. The lowest BCUT2D eigenvalue weighted by Gasteiger charge is -2.14. The first-order valence-electron chi connectivity index (χ1n) is 16.1. The topological polar surface area (TPSA) is 76.1 Å². The Morgan fingerprint density at radius 1 is 1.04 bits per heavy atom. The van der Waals surface area contributed by atoms with Crippen LogP contribution in [0.2, 0.25) is 5.02 Å². The Bertz CT molecular complexity index is 2180. The van der Waals surface area contributed by atoms with Gasteiger partial charge in [0.05, 0.1) is 25.1 Å². The minimum absolute atomic E-state index is 0.373. The lowest BCUT2D eigenvalue weighted by Crippen LogP contribution is -2.13. The first-order valence-corrected chi connectivity index (χ1v) is 18.6. The number of ether oxygens (including phenoxy) is 2. The molecular formula is C37H38ClN5O3S2. The number of carbonyl (C=O) groups excluding carboxylic acids is 1. The molecule has 0 atom stereocenters. The Kier molecular flexibility index (Phi) is 9.24. The van der Waals surface area contributed by atoms with Crippen molar-refractivity contribution in [3.05, 3.63) is 93.7 Å². The highest BCUT2D eigenvalue weighted by Crippen LogP contribution is 2.43. The van der Waals surface area contributed by atoms with Crippen LogP contribution in [0.4, 0.5) is 0 Å². The molecule has 6 aromatic rings. The third-order valence-corrected chi connectivity index (χ3v) is 11.4. The van der Waals surface area contributed by atoms with E-state index in [9.17, 15) is 4.79 Å². The van der Waals surface area contributed by atoms with E-state index in [0.29, 0.717) is 36.0 Å². The highest BCUT2D eigenvalue weighted by molar-refractivity contribution is 7.98. The van der Waals surface area contributed by atoms with Crippen molar-refractivity contribution in [2.45, 2.75) is 62.4 Å². The molecular weight excluding hydrogens is 662 g/mol. The zero-order valence-corrected chi connectivity index (χ0v) is 30.2. The Morgan fingerprint density at radius 2 is 1.88 bits per heavy atom. The molecule has 248 valence electrons. The van der Waals surface area contributed by atoms with Crippen molar-refractivity contribution in [3.63, 3.8) is 0 Å². The maximum Gasteiger partial charge on any atom is 0.354 e. The van der Waals surface area contributed by atoms with Gasteiger partial charge < -0.3 is 14.0 Å². The number of nitrogens with zero attached hydrogens (tertiary/aromatic N) is 5. The molecule has 0 N–H and O–H groups in total. The van der Waals surface area contributed by atoms with Crippen molar-refractivity contribution < 1.29 is 14.3 Å². The Labute approximate surface area is 293 Å². The Hall–Kier alpha value is -3.86. The van der Waals surface area contributed by atoms with Gasteiger partial charge in [0.2, 0.25) is 0 Å². The third kappa shape index (κ3) is 5.88. The quantitative estimate of drug-likeness (QED) is 0.167. The molecule has 3 aromatic heterocycles. The summed E-state index contributed by atoms with van der Waals surface area (Å²) >= 11 is 10.7. The van der Waals surface area contributed by atoms with E-state index in [2.05, 4.69) is 59.5 Å². The Morgan fingerprint density at radius 3 is 2.69 bits per heavy atom. The lowest BCUT2D eigenvalue weighted by atomic mass is 9.97. The number of hydrogen-bond donors (Lipinski definition) is 0. The molecule has 4 heterocycles. The predicted molar refractivity (Wildman–Crippen MR) is 196 cm³/mol. The van der Waals surface area contributed by atoms with Gasteiger partial charge in [-0.2, -0.15) is 10.2 Å². The molecule has 0 saturated carbocycles. The van der Waals surface area contributed by atoms with Crippen molar-refractivity contribution in [1.29, 1.82) is 0 Å². The van der Waals surface area contributed by atoms with Crippen molar-refractivity contribution in [2.24, 2.45) is 7.05 Å². The van der Waals surface area contributed by atoms with E-state index in [-0.39, 0.29) is 5.97 Å². The summed E-state index contributed by atoms with van der Waals surface area (Å²) in [5.41, 5.74) is 8.46. The summed E-state index contributed by atoms with van der Waals surface area (Å²) in [6.45, 7) is 8.05. The van der Waals surface area contributed by atoms with E-state index in [0.717, 1.165) is 84.1 Å². The van der Waals surface area contributed by atoms with Crippen LogP contribution >= 0.6 is 35.1 Å². The number of halogens is 1. The second-order valence-corrected chi connectivity index (χ2v) is 14.5. The van der Waals surface area contributed by atoms with Gasteiger partial charge >= 0.3 is 5.97 Å². The number of methoxy groups -OCH3 is 1. The van der Waals surface area contributed by atoms with Gasteiger partial charge in [-0.25, -0.2) is 4.79 Å². The summed E-state index contributed by atoms with van der Waals surface area (Å²) in [4.78, 5) is 14.5. The third-order valence-electron chi connectivity index (χ3n) is 9.13. The van der Waals surface area contributed by atoms with Crippen LogP contribution in [0.5, 0.6) is 5.75 Å². The molecule has 3 aromatic carbocycles. The van der Waals surface area contributed by atoms with E-state index < -0.39 is 0 Å². The average Bonchev–Trinajstić information content (AvgIpc) is 3.71. The summed E-state index contributed by atoms with van der Waals surface area (Å²) in [5.74, 6) is 2.74. The second kappa shape index (κ2) is 13.6. The molecule has 8 bridgehead atoms. The van der Waals surface area contributed by atoms with Gasteiger partial charge in [-0.05, 0) is 68.5 Å². The number of aromatic nitrogens is 5. The molecule has 11 heteroatoms. The molecule has 0 amide bonds. The molecule has 0 radical (unpaired) electrons. The number of rotatable bonds is 2. The van der Waals surface area contributed by atoms with Crippen LogP contribution in [0.25, 0.3) is 32.8 Å². The minimum Gasteiger partial charge on any atom is -0.493 e. The normalized spacial score (nSPS) is 14.1. The fourth-order valence-electron chi connectivity index (χ4n) is 6.79. The smallest absolute Gasteiger partial charge is 0.354 e. The van der Waals surface area contributed by atoms with Gasteiger partial charge in [0.25, 0.3) is 0 Å². The standard InChI is InChI=1S/C37H38ClN5O3S2/c1-6-43-26-17-25(39-43)19-48-27-16-24-10-7-8-11-28(24)32(18-27)46-15-9-14-42-31-13-12-29(38)35(33(31)22(2)36(42)37(44)45-5)34-23(3)41(4)40-30(34)21-47-20-26/h7-8,10-13,16-18H,6,9,14-15,19-21H2,1-5H3. The zero-order chi connectivity index (χ0) is 33.5. The first kappa shape index (κ1) is 32.7. The molecule has 0 spiro atoms. The van der Waals surface area contributed by atoms with Gasteiger partial charge in [-0.3, -0.25) is 9.36 Å². The van der Waals surface area contributed by atoms with Gasteiger partial charge in [0, 0.05) is 86.1 Å². The van der Waals surface area contributed by atoms with Crippen LogP contribution in [0, 0.1) is 13.8 Å². The van der Waals surface area contributed by atoms with E-state index in [1.807, 2.05) is 48.6 Å². The van der Waals surface area contributed by atoms with Crippen LogP contribution in [-0.4, -0.2) is 43.8 Å². The zero-order valence-electron chi connectivity index (χ0n) is 27.8. The molecule has 7 rings (SSSR count). The second-order valence-electron chi connectivity index (χ2n) is 12.0. The SMILES string of the molecule is CCn1nc2cc1CSCc1nn(C)c(C)c1-c1c(Cl)ccc3c1c(C)c(C(=O)OC)n3CCCOc1cc(cc3ccccc13)SC2. The highest BCUT2D eigenvalue weighted by atomic mass is 35.5. The number of hydrogen-bond acceptors (Lipinski definition) is 7. The molecule has 0 unspecified atom stereocenters. The lowest BCUT2D eigenvalue weighted by molar-refractivity contribution is 0.0587. The van der Waals surface area contributed by atoms with Crippen molar-refractivity contribution in [3.8, 4) is 16.9 Å². The van der Waals surface area contributed by atoms with Gasteiger partial charge in [-0.1, -0.05) is 35.9 Å². The fourth-order valence-corrected chi connectivity index (χ4v) is 8.84. The highest BCUT2D eigenvalue weighted by Gasteiger charge is 2.27. The number of aryl methyl sites for hydroxylation is 4. The van der Waals surface area contributed by atoms with Crippen LogP contribution < -0.4 is 4.74 Å². The summed E-state index contributed by atoms with van der Waals surface area (Å²) in [6.07, 6.45) is 0.682. The summed E-state index contributed by atoms with van der Waals surface area (Å²) in [5, 5.41) is 13.7. The van der Waals surface area contributed by atoms with E-state index in [1.165, 1.54) is 12.8 Å². The summed E-state index contributed by atoms with van der Waals surface area (Å²) < 4.78 is 17.9. The number of esters is 1. The molecule has 0 aliphatic carbocycles.